The summed E-state index contributed by atoms with van der Waals surface area (Å²) in [4.78, 5) is 17.1. The van der Waals surface area contributed by atoms with Crippen LogP contribution in [0.4, 0.5) is 5.69 Å². The Morgan fingerprint density at radius 1 is 0.966 bits per heavy atom. The molecule has 0 bridgehead atoms. The number of amides is 1. The quantitative estimate of drug-likeness (QED) is 0.420. The molecule has 0 radical (unpaired) electrons. The number of rotatable bonds is 3. The number of hydrogen-bond donors (Lipinski definition) is 2. The molecule has 4 aromatic rings. The normalized spacial score (nSPS) is 10.7. The largest absolute Gasteiger partial charge is 0.332 e. The van der Waals surface area contributed by atoms with Crippen molar-refractivity contribution in [3.8, 4) is 10.6 Å². The van der Waals surface area contributed by atoms with E-state index in [1.807, 2.05) is 68.4 Å². The SMILES string of the molecule is Cc1ccc(C(=O)NC(=S)Nc2ccc(-c3nc4ccccc4s3)cc2)cc1C. The Bertz CT molecular complexity index is 1180. The van der Waals surface area contributed by atoms with Crippen molar-refractivity contribution in [2.45, 2.75) is 13.8 Å². The Morgan fingerprint density at radius 2 is 1.72 bits per heavy atom. The zero-order valence-electron chi connectivity index (χ0n) is 16.0. The van der Waals surface area contributed by atoms with Crippen LogP contribution in [0.25, 0.3) is 20.8 Å². The molecule has 1 amide bonds. The van der Waals surface area contributed by atoms with Crippen molar-refractivity contribution >= 4 is 50.5 Å². The molecule has 6 heteroatoms. The topological polar surface area (TPSA) is 54.0 Å². The maximum atomic E-state index is 12.4. The van der Waals surface area contributed by atoms with E-state index in [1.165, 1.54) is 4.70 Å². The van der Waals surface area contributed by atoms with Crippen molar-refractivity contribution in [2.75, 3.05) is 5.32 Å². The number of aryl methyl sites for hydroxylation is 2. The van der Waals surface area contributed by atoms with Crippen LogP contribution < -0.4 is 10.6 Å². The molecular formula is C23H19N3OS2. The van der Waals surface area contributed by atoms with Crippen molar-refractivity contribution in [1.29, 1.82) is 0 Å². The highest BCUT2D eigenvalue weighted by atomic mass is 32.1. The van der Waals surface area contributed by atoms with Gasteiger partial charge < -0.3 is 5.32 Å². The number of nitrogens with one attached hydrogen (secondary N) is 2. The smallest absolute Gasteiger partial charge is 0.257 e. The summed E-state index contributed by atoms with van der Waals surface area (Å²) >= 11 is 6.95. The summed E-state index contributed by atoms with van der Waals surface area (Å²) < 4.78 is 1.17. The van der Waals surface area contributed by atoms with Gasteiger partial charge >= 0.3 is 0 Å². The summed E-state index contributed by atoms with van der Waals surface area (Å²) in [6.45, 7) is 4.00. The first-order chi connectivity index (χ1) is 14.0. The molecule has 2 N–H and O–H groups in total. The van der Waals surface area contributed by atoms with Gasteiger partial charge in [0.2, 0.25) is 0 Å². The van der Waals surface area contributed by atoms with Crippen LogP contribution in [0, 0.1) is 13.8 Å². The molecule has 0 atom stereocenters. The second-order valence-corrected chi connectivity index (χ2v) is 8.21. The van der Waals surface area contributed by atoms with Gasteiger partial charge in [-0.2, -0.15) is 0 Å². The number of fused-ring (bicyclic) bond motifs is 1. The average molecular weight is 418 g/mol. The van der Waals surface area contributed by atoms with Gasteiger partial charge in [0.25, 0.3) is 5.91 Å². The molecule has 144 valence electrons. The number of carbonyl (C=O) groups is 1. The van der Waals surface area contributed by atoms with Gasteiger partial charge in [-0.1, -0.05) is 18.2 Å². The van der Waals surface area contributed by atoms with E-state index in [-0.39, 0.29) is 11.0 Å². The van der Waals surface area contributed by atoms with Gasteiger partial charge in [-0.25, -0.2) is 4.98 Å². The minimum atomic E-state index is -0.225. The minimum absolute atomic E-state index is 0.225. The number of thiazole rings is 1. The number of anilines is 1. The first-order valence-corrected chi connectivity index (χ1v) is 10.4. The van der Waals surface area contributed by atoms with E-state index < -0.39 is 0 Å². The van der Waals surface area contributed by atoms with Gasteiger partial charge in [0, 0.05) is 16.8 Å². The monoisotopic (exact) mass is 417 g/mol. The molecular weight excluding hydrogens is 398 g/mol. The van der Waals surface area contributed by atoms with Crippen LogP contribution in [0.2, 0.25) is 0 Å². The zero-order valence-corrected chi connectivity index (χ0v) is 17.7. The Morgan fingerprint density at radius 3 is 2.45 bits per heavy atom. The van der Waals surface area contributed by atoms with E-state index in [0.717, 1.165) is 32.9 Å². The predicted octanol–water partition coefficient (Wildman–Crippen LogP) is 5.71. The molecule has 0 saturated carbocycles. The highest BCUT2D eigenvalue weighted by Gasteiger charge is 2.10. The molecule has 1 aromatic heterocycles. The number of nitrogens with zero attached hydrogens (tertiary/aromatic N) is 1. The van der Waals surface area contributed by atoms with Crippen molar-refractivity contribution in [3.05, 3.63) is 83.4 Å². The second kappa shape index (κ2) is 8.11. The highest BCUT2D eigenvalue weighted by molar-refractivity contribution is 7.80. The lowest BCUT2D eigenvalue weighted by Crippen LogP contribution is -2.34. The lowest BCUT2D eigenvalue weighted by atomic mass is 10.1. The molecule has 0 aliphatic heterocycles. The molecule has 0 saturated heterocycles. The summed E-state index contributed by atoms with van der Waals surface area (Å²) in [5, 5.41) is 7.02. The third kappa shape index (κ3) is 4.34. The molecule has 0 aliphatic rings. The second-order valence-electron chi connectivity index (χ2n) is 6.77. The van der Waals surface area contributed by atoms with Crippen molar-refractivity contribution in [3.63, 3.8) is 0 Å². The fraction of sp³-hybridized carbons (Fsp3) is 0.0870. The summed E-state index contributed by atoms with van der Waals surface area (Å²) in [7, 11) is 0. The molecule has 0 fully saturated rings. The maximum Gasteiger partial charge on any atom is 0.257 e. The first kappa shape index (κ1) is 19.2. The van der Waals surface area contributed by atoms with Gasteiger partial charge in [0.15, 0.2) is 5.11 Å². The molecule has 3 aromatic carbocycles. The lowest BCUT2D eigenvalue weighted by molar-refractivity contribution is 0.0977. The number of carbonyl (C=O) groups excluding carboxylic acids is 1. The number of thiocarbonyl (C=S) groups is 1. The third-order valence-corrected chi connectivity index (χ3v) is 5.97. The Balaban J connectivity index is 1.42. The minimum Gasteiger partial charge on any atom is -0.332 e. The number of benzene rings is 3. The zero-order chi connectivity index (χ0) is 20.4. The van der Waals surface area contributed by atoms with Crippen LogP contribution >= 0.6 is 23.6 Å². The van der Waals surface area contributed by atoms with E-state index in [1.54, 1.807) is 17.4 Å². The molecule has 4 rings (SSSR count). The third-order valence-electron chi connectivity index (χ3n) is 4.68. The van der Waals surface area contributed by atoms with E-state index in [4.69, 9.17) is 12.2 Å². The maximum absolute atomic E-state index is 12.4. The number of aromatic nitrogens is 1. The molecule has 4 nitrogen and oxygen atoms in total. The number of hydrogen-bond acceptors (Lipinski definition) is 4. The number of para-hydroxylation sites is 1. The summed E-state index contributed by atoms with van der Waals surface area (Å²) in [6.07, 6.45) is 0. The van der Waals surface area contributed by atoms with Crippen molar-refractivity contribution < 1.29 is 4.79 Å². The van der Waals surface area contributed by atoms with Crippen LogP contribution in [0.15, 0.2) is 66.7 Å². The molecule has 0 aliphatic carbocycles. The highest BCUT2D eigenvalue weighted by Crippen LogP contribution is 2.30. The Kier molecular flexibility index (Phi) is 5.38. The fourth-order valence-electron chi connectivity index (χ4n) is 2.91. The first-order valence-electron chi connectivity index (χ1n) is 9.15. The van der Waals surface area contributed by atoms with Crippen LogP contribution in [-0.2, 0) is 0 Å². The Hall–Kier alpha value is -3.09. The average Bonchev–Trinajstić information content (AvgIpc) is 3.14. The van der Waals surface area contributed by atoms with Crippen molar-refractivity contribution in [1.82, 2.24) is 10.3 Å². The van der Waals surface area contributed by atoms with E-state index in [2.05, 4.69) is 21.7 Å². The predicted molar refractivity (Wildman–Crippen MR) is 125 cm³/mol. The standard InChI is InChI=1S/C23H19N3OS2/c1-14-7-8-17(13-15(14)2)21(27)26-23(28)24-18-11-9-16(10-12-18)22-25-19-5-3-4-6-20(19)29-22/h3-13H,1-2H3,(H2,24,26,27,28). The van der Waals surface area contributed by atoms with E-state index >= 15 is 0 Å². The van der Waals surface area contributed by atoms with Gasteiger partial charge in [0.1, 0.15) is 5.01 Å². The van der Waals surface area contributed by atoms with Gasteiger partial charge in [-0.15, -0.1) is 11.3 Å². The van der Waals surface area contributed by atoms with Crippen LogP contribution in [0.3, 0.4) is 0 Å². The van der Waals surface area contributed by atoms with E-state index in [0.29, 0.717) is 5.56 Å². The summed E-state index contributed by atoms with van der Waals surface area (Å²) in [6, 6.07) is 21.5. The Labute approximate surface area is 178 Å². The lowest BCUT2D eigenvalue weighted by Gasteiger charge is -2.11. The molecule has 0 spiro atoms. The van der Waals surface area contributed by atoms with Crippen LogP contribution in [0.5, 0.6) is 0 Å². The van der Waals surface area contributed by atoms with Gasteiger partial charge in [-0.3, -0.25) is 10.1 Å². The summed E-state index contributed by atoms with van der Waals surface area (Å²) in [5.41, 5.74) is 5.66. The summed E-state index contributed by atoms with van der Waals surface area (Å²) in [5.74, 6) is -0.225. The van der Waals surface area contributed by atoms with E-state index in [9.17, 15) is 4.79 Å². The van der Waals surface area contributed by atoms with Gasteiger partial charge in [-0.05, 0) is 85.7 Å². The fourth-order valence-corrected chi connectivity index (χ4v) is 4.09. The van der Waals surface area contributed by atoms with Gasteiger partial charge in [0.05, 0.1) is 10.2 Å². The molecule has 29 heavy (non-hydrogen) atoms. The van der Waals surface area contributed by atoms with Crippen molar-refractivity contribution in [2.24, 2.45) is 0 Å². The molecule has 0 unspecified atom stereocenters. The van der Waals surface area contributed by atoms with Crippen LogP contribution in [-0.4, -0.2) is 16.0 Å². The molecule has 1 heterocycles. The van der Waals surface area contributed by atoms with Crippen LogP contribution in [0.1, 0.15) is 21.5 Å².